The van der Waals surface area contributed by atoms with Crippen LogP contribution in [0.25, 0.3) is 0 Å². The molecule has 1 aromatic rings. The third-order valence-electron chi connectivity index (χ3n) is 1.90. The quantitative estimate of drug-likeness (QED) is 0.700. The Hall–Kier alpha value is -1.41. The van der Waals surface area contributed by atoms with Crippen LogP contribution >= 0.6 is 0 Å². The smallest absolute Gasteiger partial charge is 0.252 e. The minimum Gasteiger partial charge on any atom is -0.369 e. The molecular formula is C8H14N4O3S. The van der Waals surface area contributed by atoms with Gasteiger partial charge in [-0.25, -0.2) is 17.7 Å². The fraction of sp³-hybridized carbons (Fsp3) is 0.500. The predicted molar refractivity (Wildman–Crippen MR) is 60.8 cm³/mol. The largest absolute Gasteiger partial charge is 0.369 e. The van der Waals surface area contributed by atoms with Gasteiger partial charge in [0, 0.05) is 26.7 Å². The summed E-state index contributed by atoms with van der Waals surface area (Å²) in [5.41, 5.74) is -0.284. The zero-order valence-corrected chi connectivity index (χ0v) is 9.91. The molecule has 90 valence electrons. The molecule has 7 nitrogen and oxygen atoms in total. The van der Waals surface area contributed by atoms with Gasteiger partial charge in [0.05, 0.1) is 12.1 Å². The maximum Gasteiger partial charge on any atom is 0.252 e. The lowest BCUT2D eigenvalue weighted by molar-refractivity contribution is 0.521. The lowest BCUT2D eigenvalue weighted by Gasteiger charge is -2.11. The summed E-state index contributed by atoms with van der Waals surface area (Å²) in [7, 11) is -0.275. The van der Waals surface area contributed by atoms with Crippen molar-refractivity contribution >= 4 is 15.8 Å². The first-order chi connectivity index (χ1) is 7.42. The van der Waals surface area contributed by atoms with Gasteiger partial charge in [-0.3, -0.25) is 4.79 Å². The second kappa shape index (κ2) is 5.08. The number of nitrogens with one attached hydrogen (secondary N) is 2. The molecule has 0 aliphatic heterocycles. The third kappa shape index (κ3) is 3.63. The van der Waals surface area contributed by atoms with Gasteiger partial charge in [0.25, 0.3) is 5.56 Å². The number of rotatable bonds is 5. The van der Waals surface area contributed by atoms with Crippen LogP contribution in [-0.4, -0.2) is 49.1 Å². The normalized spacial score (nSPS) is 11.7. The molecule has 0 aliphatic carbocycles. The van der Waals surface area contributed by atoms with E-state index in [1.54, 1.807) is 0 Å². The Morgan fingerprint density at radius 1 is 1.50 bits per heavy atom. The molecule has 1 aromatic heterocycles. The molecule has 0 spiro atoms. The van der Waals surface area contributed by atoms with Crippen LogP contribution in [0.3, 0.4) is 0 Å². The Balaban J connectivity index is 2.51. The molecule has 0 unspecified atom stereocenters. The van der Waals surface area contributed by atoms with E-state index in [2.05, 4.69) is 15.3 Å². The van der Waals surface area contributed by atoms with E-state index in [0.717, 1.165) is 4.31 Å². The van der Waals surface area contributed by atoms with E-state index in [4.69, 9.17) is 0 Å². The molecule has 0 saturated heterocycles. The molecule has 0 bridgehead atoms. The van der Waals surface area contributed by atoms with Crippen LogP contribution in [0.5, 0.6) is 0 Å². The minimum atomic E-state index is -3.22. The predicted octanol–water partition coefficient (Wildman–Crippen LogP) is -0.927. The summed E-state index contributed by atoms with van der Waals surface area (Å²) in [6, 6.07) is 1.27. The first-order valence-corrected chi connectivity index (χ1v) is 6.21. The molecule has 0 atom stereocenters. The van der Waals surface area contributed by atoms with Crippen LogP contribution in [0.1, 0.15) is 0 Å². The highest BCUT2D eigenvalue weighted by atomic mass is 32.2. The molecule has 8 heteroatoms. The van der Waals surface area contributed by atoms with E-state index in [9.17, 15) is 13.2 Å². The molecule has 0 fully saturated rings. The monoisotopic (exact) mass is 246 g/mol. The summed E-state index contributed by atoms with van der Waals surface area (Å²) in [5, 5.41) is 2.76. The second-order valence-corrected chi connectivity index (χ2v) is 5.62. The zero-order valence-electron chi connectivity index (χ0n) is 9.10. The van der Waals surface area contributed by atoms with Gasteiger partial charge in [0.2, 0.25) is 10.0 Å². The Bertz CT molecular complexity index is 494. The average Bonchev–Trinajstić information content (AvgIpc) is 2.17. The summed E-state index contributed by atoms with van der Waals surface area (Å²) in [6.45, 7) is 0.205. The van der Waals surface area contributed by atoms with Gasteiger partial charge in [-0.1, -0.05) is 0 Å². The third-order valence-corrected chi connectivity index (χ3v) is 3.73. The lowest BCUT2D eigenvalue weighted by Crippen LogP contribution is -2.28. The molecule has 0 saturated carbocycles. The van der Waals surface area contributed by atoms with Gasteiger partial charge in [-0.05, 0) is 0 Å². The van der Waals surface area contributed by atoms with Gasteiger partial charge in [-0.2, -0.15) is 0 Å². The zero-order chi connectivity index (χ0) is 12.2. The van der Waals surface area contributed by atoms with Crippen molar-refractivity contribution in [2.45, 2.75) is 0 Å². The maximum atomic E-state index is 11.4. The number of H-pyrrole nitrogens is 1. The molecule has 1 rings (SSSR count). The Kier molecular flexibility index (Phi) is 4.02. The Morgan fingerprint density at radius 2 is 2.19 bits per heavy atom. The fourth-order valence-electron chi connectivity index (χ4n) is 0.956. The molecule has 16 heavy (non-hydrogen) atoms. The van der Waals surface area contributed by atoms with Crippen molar-refractivity contribution in [3.05, 3.63) is 22.7 Å². The number of nitrogens with zero attached hydrogens (tertiary/aromatic N) is 2. The SMILES string of the molecule is CN(C)S(=O)(=O)CCNc1cc(=O)[nH]cn1. The van der Waals surface area contributed by atoms with Crippen molar-refractivity contribution < 1.29 is 8.42 Å². The van der Waals surface area contributed by atoms with E-state index in [1.807, 2.05) is 0 Å². The van der Waals surface area contributed by atoms with Gasteiger partial charge in [0.15, 0.2) is 0 Å². The summed E-state index contributed by atoms with van der Waals surface area (Å²) in [4.78, 5) is 17.1. The van der Waals surface area contributed by atoms with Crippen LogP contribution in [0.2, 0.25) is 0 Å². The Morgan fingerprint density at radius 3 is 2.75 bits per heavy atom. The number of aromatic nitrogens is 2. The van der Waals surface area contributed by atoms with Crippen molar-refractivity contribution in [2.24, 2.45) is 0 Å². The maximum absolute atomic E-state index is 11.4. The summed E-state index contributed by atoms with van der Waals surface area (Å²) in [5.74, 6) is 0.312. The topological polar surface area (TPSA) is 95.2 Å². The van der Waals surface area contributed by atoms with Crippen LogP contribution < -0.4 is 10.9 Å². The number of anilines is 1. The van der Waals surface area contributed by atoms with Crippen molar-refractivity contribution in [3.8, 4) is 0 Å². The molecular weight excluding hydrogens is 232 g/mol. The van der Waals surface area contributed by atoms with E-state index in [0.29, 0.717) is 5.82 Å². The standard InChI is InChI=1S/C8H14N4O3S/c1-12(2)16(14,15)4-3-9-7-5-8(13)11-6-10-7/h5-6H,3-4H2,1-2H3,(H2,9,10,11,13). The van der Waals surface area contributed by atoms with Crippen molar-refractivity contribution in [2.75, 3.05) is 31.7 Å². The van der Waals surface area contributed by atoms with Crippen molar-refractivity contribution in [1.82, 2.24) is 14.3 Å². The lowest BCUT2D eigenvalue weighted by atomic mass is 10.5. The molecule has 0 aliphatic rings. The molecule has 0 aromatic carbocycles. The summed E-state index contributed by atoms with van der Waals surface area (Å²) >= 11 is 0. The van der Waals surface area contributed by atoms with Gasteiger partial charge >= 0.3 is 0 Å². The highest BCUT2D eigenvalue weighted by molar-refractivity contribution is 7.89. The number of aromatic amines is 1. The number of hydrogen-bond acceptors (Lipinski definition) is 5. The van der Waals surface area contributed by atoms with E-state index in [1.165, 1.54) is 26.5 Å². The van der Waals surface area contributed by atoms with Crippen LogP contribution in [-0.2, 0) is 10.0 Å². The van der Waals surface area contributed by atoms with Gasteiger partial charge in [-0.15, -0.1) is 0 Å². The molecule has 2 N–H and O–H groups in total. The number of sulfonamides is 1. The van der Waals surface area contributed by atoms with Crippen LogP contribution in [0.15, 0.2) is 17.2 Å². The van der Waals surface area contributed by atoms with Crippen LogP contribution in [0, 0.1) is 0 Å². The van der Waals surface area contributed by atoms with Gasteiger partial charge in [0.1, 0.15) is 5.82 Å². The van der Waals surface area contributed by atoms with Gasteiger partial charge < -0.3 is 10.3 Å². The minimum absolute atomic E-state index is 0.0471. The highest BCUT2D eigenvalue weighted by Gasteiger charge is 2.12. The number of hydrogen-bond donors (Lipinski definition) is 2. The average molecular weight is 246 g/mol. The Labute approximate surface area is 93.6 Å². The first-order valence-electron chi connectivity index (χ1n) is 4.60. The fourth-order valence-corrected chi connectivity index (χ4v) is 1.68. The summed E-state index contributed by atoms with van der Waals surface area (Å²) in [6.07, 6.45) is 1.26. The molecule has 0 amide bonds. The van der Waals surface area contributed by atoms with Crippen LogP contribution in [0.4, 0.5) is 5.82 Å². The van der Waals surface area contributed by atoms with E-state index >= 15 is 0 Å². The summed E-state index contributed by atoms with van der Waals surface area (Å²) < 4.78 is 23.9. The highest BCUT2D eigenvalue weighted by Crippen LogP contribution is 1.97. The molecule has 1 heterocycles. The van der Waals surface area contributed by atoms with E-state index in [-0.39, 0.29) is 17.9 Å². The van der Waals surface area contributed by atoms with Crippen molar-refractivity contribution in [3.63, 3.8) is 0 Å². The second-order valence-electron chi connectivity index (χ2n) is 3.32. The molecule has 0 radical (unpaired) electrons. The van der Waals surface area contributed by atoms with Crippen molar-refractivity contribution in [1.29, 1.82) is 0 Å². The first kappa shape index (κ1) is 12.7. The van der Waals surface area contributed by atoms with E-state index < -0.39 is 10.0 Å².